The Kier molecular flexibility index (Phi) is 5.57. The van der Waals surface area contributed by atoms with Crippen molar-refractivity contribution in [2.75, 3.05) is 26.2 Å². The number of thiophene rings is 1. The highest BCUT2D eigenvalue weighted by Crippen LogP contribution is 2.23. The Balaban J connectivity index is 1.25. The average molecular weight is 432 g/mol. The number of carbonyl (C=O) groups excluding carboxylic acids is 2. The molecule has 0 N–H and O–H groups in total. The molecule has 0 spiro atoms. The summed E-state index contributed by atoms with van der Waals surface area (Å²) in [4.78, 5) is 32.7. The van der Waals surface area contributed by atoms with Gasteiger partial charge in [0.05, 0.1) is 6.54 Å². The standard InChI is InChI=1S/C25H25N3O2S/c29-24-18-27(16-22-7-4-14-31-22)25(30)23-17-26(12-13-28(23)24)15-19-8-10-21(11-9-19)20-5-2-1-3-6-20/h1-11,14,23H,12-13,15-18H2. The highest BCUT2D eigenvalue weighted by Gasteiger charge is 2.42. The molecule has 3 aromatic rings. The molecule has 2 aromatic carbocycles. The van der Waals surface area contributed by atoms with E-state index in [4.69, 9.17) is 0 Å². The molecule has 1 aromatic heterocycles. The zero-order valence-corrected chi connectivity index (χ0v) is 18.1. The lowest BCUT2D eigenvalue weighted by Gasteiger charge is -2.46. The van der Waals surface area contributed by atoms with E-state index in [-0.39, 0.29) is 24.4 Å². The van der Waals surface area contributed by atoms with Crippen molar-refractivity contribution in [2.45, 2.75) is 19.1 Å². The van der Waals surface area contributed by atoms with E-state index in [2.05, 4.69) is 41.3 Å². The summed E-state index contributed by atoms with van der Waals surface area (Å²) in [5.74, 6) is 0.130. The van der Waals surface area contributed by atoms with Crippen molar-refractivity contribution >= 4 is 23.2 Å². The van der Waals surface area contributed by atoms with Gasteiger partial charge in [-0.1, -0.05) is 60.7 Å². The van der Waals surface area contributed by atoms with Gasteiger partial charge in [-0.15, -0.1) is 11.3 Å². The van der Waals surface area contributed by atoms with Crippen LogP contribution in [0.1, 0.15) is 10.4 Å². The maximum absolute atomic E-state index is 13.1. The predicted octanol–water partition coefficient (Wildman–Crippen LogP) is 3.47. The fourth-order valence-electron chi connectivity index (χ4n) is 4.45. The second kappa shape index (κ2) is 8.65. The van der Waals surface area contributed by atoms with Crippen molar-refractivity contribution in [1.29, 1.82) is 0 Å². The van der Waals surface area contributed by atoms with Crippen LogP contribution in [0.25, 0.3) is 11.1 Å². The smallest absolute Gasteiger partial charge is 0.247 e. The maximum atomic E-state index is 13.1. The lowest BCUT2D eigenvalue weighted by molar-refractivity contribution is -0.160. The lowest BCUT2D eigenvalue weighted by atomic mass is 10.0. The quantitative estimate of drug-likeness (QED) is 0.621. The van der Waals surface area contributed by atoms with E-state index in [1.165, 1.54) is 16.7 Å². The minimum atomic E-state index is -0.376. The number of fused-ring (bicyclic) bond motifs is 1. The lowest BCUT2D eigenvalue weighted by Crippen LogP contribution is -2.66. The molecule has 31 heavy (non-hydrogen) atoms. The molecule has 2 amide bonds. The normalized spacial score (nSPS) is 19.5. The van der Waals surface area contributed by atoms with Crippen molar-refractivity contribution in [3.63, 3.8) is 0 Å². The minimum Gasteiger partial charge on any atom is -0.327 e. The topological polar surface area (TPSA) is 43.9 Å². The van der Waals surface area contributed by atoms with Crippen molar-refractivity contribution in [2.24, 2.45) is 0 Å². The Labute approximate surface area is 186 Å². The third-order valence-electron chi connectivity index (χ3n) is 6.10. The number of amides is 2. The first-order valence-electron chi connectivity index (χ1n) is 10.6. The van der Waals surface area contributed by atoms with Crippen molar-refractivity contribution in [3.05, 3.63) is 82.6 Å². The zero-order valence-electron chi connectivity index (χ0n) is 17.3. The van der Waals surface area contributed by atoms with Crippen LogP contribution in [0.2, 0.25) is 0 Å². The Hall–Kier alpha value is -2.96. The zero-order chi connectivity index (χ0) is 21.2. The first-order valence-corrected chi connectivity index (χ1v) is 11.5. The van der Waals surface area contributed by atoms with E-state index in [0.29, 0.717) is 19.6 Å². The molecule has 1 unspecified atom stereocenters. The number of hydrogen-bond acceptors (Lipinski definition) is 4. The third kappa shape index (κ3) is 4.27. The molecule has 2 aliphatic heterocycles. The van der Waals surface area contributed by atoms with Crippen LogP contribution in [-0.2, 0) is 22.7 Å². The van der Waals surface area contributed by atoms with Gasteiger partial charge in [0.15, 0.2) is 0 Å². The molecule has 0 aliphatic carbocycles. The van der Waals surface area contributed by atoms with Gasteiger partial charge in [0, 0.05) is 31.1 Å². The molecule has 2 aliphatic rings. The maximum Gasteiger partial charge on any atom is 0.247 e. The molecular formula is C25H25N3O2S. The second-order valence-electron chi connectivity index (χ2n) is 8.17. The van der Waals surface area contributed by atoms with Crippen LogP contribution in [0.4, 0.5) is 0 Å². The molecule has 5 nitrogen and oxygen atoms in total. The summed E-state index contributed by atoms with van der Waals surface area (Å²) in [7, 11) is 0. The van der Waals surface area contributed by atoms with Crippen LogP contribution in [0.15, 0.2) is 72.1 Å². The highest BCUT2D eigenvalue weighted by atomic mass is 32.1. The fourth-order valence-corrected chi connectivity index (χ4v) is 5.17. The predicted molar refractivity (Wildman–Crippen MR) is 122 cm³/mol. The molecule has 2 saturated heterocycles. The number of nitrogens with zero attached hydrogens (tertiary/aromatic N) is 3. The summed E-state index contributed by atoms with van der Waals surface area (Å²) in [6.07, 6.45) is 0. The number of carbonyl (C=O) groups is 2. The van der Waals surface area contributed by atoms with Gasteiger partial charge in [-0.3, -0.25) is 14.5 Å². The first-order chi connectivity index (χ1) is 15.2. The van der Waals surface area contributed by atoms with Gasteiger partial charge >= 0.3 is 0 Å². The Morgan fingerprint density at radius 3 is 2.35 bits per heavy atom. The molecular weight excluding hydrogens is 406 g/mol. The van der Waals surface area contributed by atoms with E-state index < -0.39 is 0 Å². The van der Waals surface area contributed by atoms with Crippen molar-refractivity contribution in [3.8, 4) is 11.1 Å². The molecule has 0 radical (unpaired) electrons. The molecule has 3 heterocycles. The summed E-state index contributed by atoms with van der Waals surface area (Å²) in [6.45, 7) is 3.49. The summed E-state index contributed by atoms with van der Waals surface area (Å²) < 4.78 is 0. The fraction of sp³-hybridized carbons (Fsp3) is 0.280. The van der Waals surface area contributed by atoms with Gasteiger partial charge in [-0.2, -0.15) is 0 Å². The van der Waals surface area contributed by atoms with Crippen LogP contribution in [0.3, 0.4) is 0 Å². The minimum absolute atomic E-state index is 0.0630. The summed E-state index contributed by atoms with van der Waals surface area (Å²) in [6, 6.07) is 22.6. The van der Waals surface area contributed by atoms with Gasteiger partial charge in [0.2, 0.25) is 11.8 Å². The van der Waals surface area contributed by atoms with Crippen molar-refractivity contribution < 1.29 is 9.59 Å². The Morgan fingerprint density at radius 1 is 0.839 bits per heavy atom. The number of rotatable bonds is 5. The van der Waals surface area contributed by atoms with Gasteiger partial charge in [0.25, 0.3) is 0 Å². The molecule has 0 saturated carbocycles. The second-order valence-corrected chi connectivity index (χ2v) is 9.21. The molecule has 6 heteroatoms. The summed E-state index contributed by atoms with van der Waals surface area (Å²) >= 11 is 1.62. The van der Waals surface area contributed by atoms with Gasteiger partial charge in [-0.25, -0.2) is 0 Å². The van der Waals surface area contributed by atoms with Crippen LogP contribution in [-0.4, -0.2) is 58.7 Å². The van der Waals surface area contributed by atoms with E-state index >= 15 is 0 Å². The molecule has 2 fully saturated rings. The number of piperazine rings is 2. The third-order valence-corrected chi connectivity index (χ3v) is 6.96. The van der Waals surface area contributed by atoms with E-state index in [9.17, 15) is 9.59 Å². The largest absolute Gasteiger partial charge is 0.327 e. The Bertz CT molecular complexity index is 1050. The van der Waals surface area contributed by atoms with Crippen LogP contribution >= 0.6 is 11.3 Å². The molecule has 158 valence electrons. The summed E-state index contributed by atoms with van der Waals surface area (Å²) in [5, 5.41) is 2.00. The van der Waals surface area contributed by atoms with E-state index in [1.807, 2.05) is 35.7 Å². The molecule has 0 bridgehead atoms. The number of benzene rings is 2. The van der Waals surface area contributed by atoms with E-state index in [0.717, 1.165) is 18.0 Å². The number of hydrogen-bond donors (Lipinski definition) is 0. The van der Waals surface area contributed by atoms with E-state index in [1.54, 1.807) is 21.1 Å². The van der Waals surface area contributed by atoms with Crippen molar-refractivity contribution in [1.82, 2.24) is 14.7 Å². The molecule has 1 atom stereocenters. The highest BCUT2D eigenvalue weighted by molar-refractivity contribution is 7.09. The summed E-state index contributed by atoms with van der Waals surface area (Å²) in [5.41, 5.74) is 3.63. The van der Waals surface area contributed by atoms with Gasteiger partial charge in [-0.05, 0) is 28.1 Å². The van der Waals surface area contributed by atoms with Crippen LogP contribution in [0, 0.1) is 0 Å². The van der Waals surface area contributed by atoms with Gasteiger partial charge in [0.1, 0.15) is 12.6 Å². The van der Waals surface area contributed by atoms with Crippen LogP contribution < -0.4 is 0 Å². The Morgan fingerprint density at radius 2 is 1.61 bits per heavy atom. The van der Waals surface area contributed by atoms with Gasteiger partial charge < -0.3 is 9.80 Å². The monoisotopic (exact) mass is 431 g/mol. The average Bonchev–Trinajstić information content (AvgIpc) is 3.31. The first kappa shape index (κ1) is 20.0. The van der Waals surface area contributed by atoms with Crippen LogP contribution in [0.5, 0.6) is 0 Å². The molecule has 5 rings (SSSR count). The SMILES string of the molecule is O=C1C2CN(Cc3ccc(-c4ccccc4)cc3)CCN2C(=O)CN1Cc1cccs1.